The van der Waals surface area contributed by atoms with Crippen LogP contribution in [-0.2, 0) is 0 Å². The number of hydrogen-bond donors (Lipinski definition) is 0. The van der Waals surface area contributed by atoms with Crippen molar-refractivity contribution in [3.8, 4) is 0 Å². The molecule has 13 heavy (non-hydrogen) atoms. The Balaban J connectivity index is 2.90. The van der Waals surface area contributed by atoms with Crippen molar-refractivity contribution in [1.82, 2.24) is 0 Å². The number of hydrogen-bond acceptors (Lipinski definition) is 1. The number of Topliss-reactive ketones (excluding diaryl/α,β-unsaturated/α-hetero) is 1. The van der Waals surface area contributed by atoms with Crippen molar-refractivity contribution >= 4 is 21.6 Å². The summed E-state index contributed by atoms with van der Waals surface area (Å²) >= 11 is 0. The Hall–Kier alpha value is -0.960. The van der Waals surface area contributed by atoms with Crippen LogP contribution in [-0.4, -0.2) is 23.7 Å². The third kappa shape index (κ3) is 3.11. The van der Waals surface area contributed by atoms with Gasteiger partial charge in [-0.15, -0.1) is 0 Å². The van der Waals surface area contributed by atoms with Crippen LogP contribution < -0.4 is 0 Å². The molecule has 0 saturated carbocycles. The molecule has 0 unspecified atom stereocenters. The molecule has 1 nitrogen and oxygen atoms in total. The van der Waals surface area contributed by atoms with Gasteiger partial charge < -0.3 is 0 Å². The third-order valence-corrected chi connectivity index (χ3v) is 2.16. The topological polar surface area (TPSA) is 17.1 Å². The fourth-order valence-electron chi connectivity index (χ4n) is 0.896. The summed E-state index contributed by atoms with van der Waals surface area (Å²) in [7, 11) is -0.0198. The molecule has 0 spiro atoms. The van der Waals surface area contributed by atoms with Gasteiger partial charge in [-0.25, -0.2) is 4.39 Å². The van der Waals surface area contributed by atoms with Gasteiger partial charge in [-0.1, -0.05) is 0 Å². The van der Waals surface area contributed by atoms with Gasteiger partial charge in [0.05, 0.1) is 0 Å². The van der Waals surface area contributed by atoms with Gasteiger partial charge in [0, 0.05) is 10.9 Å². The average molecular weight is 198 g/mol. The summed E-state index contributed by atoms with van der Waals surface area (Å²) in [5, 5.41) is 1.65. The van der Waals surface area contributed by atoms with Crippen LogP contribution in [0.25, 0.3) is 0 Å². The van der Waals surface area contributed by atoms with Crippen LogP contribution in [0.4, 0.5) is 4.39 Å². The molecule has 0 atom stereocenters. The average Bonchev–Trinajstić information content (AvgIpc) is 2.04. The molecule has 0 bridgehead atoms. The first-order valence-corrected chi connectivity index (χ1v) is 5.91. The number of halogens is 1. The lowest BCUT2D eigenvalue weighted by Crippen LogP contribution is -1.99. The number of ketones is 1. The zero-order valence-electron chi connectivity index (χ0n) is 7.58. The normalized spacial score (nSPS) is 10.2. The number of carbonyl (C=O) groups excluding carboxylic acids is 1. The van der Waals surface area contributed by atoms with Crippen molar-refractivity contribution in [1.29, 1.82) is 0 Å². The van der Waals surface area contributed by atoms with E-state index in [0.29, 0.717) is 5.56 Å². The molecule has 0 amide bonds. The Bertz CT molecular complexity index is 336. The van der Waals surface area contributed by atoms with Crippen LogP contribution in [0.15, 0.2) is 24.3 Å². The van der Waals surface area contributed by atoms with Gasteiger partial charge in [-0.2, -0.15) is 10.5 Å². The summed E-state index contributed by atoms with van der Waals surface area (Å²) < 4.78 is 12.5. The van der Waals surface area contributed by atoms with E-state index in [9.17, 15) is 9.18 Å². The molecule has 0 saturated heterocycles. The first-order valence-electron chi connectivity index (χ1n) is 3.81. The summed E-state index contributed by atoms with van der Waals surface area (Å²) in [6.45, 7) is 0. The lowest BCUT2D eigenvalue weighted by molar-refractivity contribution is 0.107. The van der Waals surface area contributed by atoms with E-state index in [1.54, 1.807) is 5.37 Å². The minimum absolute atomic E-state index is 0.0198. The molecule has 0 radical (unpaired) electrons. The van der Waals surface area contributed by atoms with Crippen molar-refractivity contribution < 1.29 is 9.18 Å². The predicted molar refractivity (Wildman–Crippen MR) is 56.2 cm³/mol. The SMILES string of the molecule is CS(C)=CC(=O)c1ccc(F)cc1. The molecule has 0 heterocycles. The Morgan fingerprint density at radius 3 is 2.31 bits per heavy atom. The molecule has 0 fully saturated rings. The lowest BCUT2D eigenvalue weighted by Gasteiger charge is -1.96. The molecular formula is C10H11FOS. The van der Waals surface area contributed by atoms with Gasteiger partial charge in [0.1, 0.15) is 5.82 Å². The van der Waals surface area contributed by atoms with Crippen molar-refractivity contribution in [2.24, 2.45) is 0 Å². The molecular weight excluding hydrogens is 187 g/mol. The molecule has 1 aromatic rings. The van der Waals surface area contributed by atoms with Crippen LogP contribution in [0.5, 0.6) is 0 Å². The molecule has 70 valence electrons. The summed E-state index contributed by atoms with van der Waals surface area (Å²) in [6, 6.07) is 5.59. The van der Waals surface area contributed by atoms with E-state index >= 15 is 0 Å². The Kier molecular flexibility index (Phi) is 3.37. The van der Waals surface area contributed by atoms with Gasteiger partial charge in [0.25, 0.3) is 0 Å². The molecule has 1 rings (SSSR count). The maximum absolute atomic E-state index is 12.5. The molecule has 0 aromatic heterocycles. The van der Waals surface area contributed by atoms with Crippen LogP contribution in [0.3, 0.4) is 0 Å². The minimum atomic E-state index is -0.316. The van der Waals surface area contributed by atoms with Crippen LogP contribution >= 0.6 is 10.5 Å². The predicted octanol–water partition coefficient (Wildman–Crippen LogP) is 2.34. The van der Waals surface area contributed by atoms with E-state index in [4.69, 9.17) is 0 Å². The largest absolute Gasteiger partial charge is 0.289 e. The first-order chi connectivity index (χ1) is 6.09. The second-order valence-electron chi connectivity index (χ2n) is 2.87. The molecule has 0 N–H and O–H groups in total. The highest BCUT2D eigenvalue weighted by Gasteiger charge is 2.01. The van der Waals surface area contributed by atoms with E-state index in [-0.39, 0.29) is 22.1 Å². The Morgan fingerprint density at radius 2 is 1.85 bits per heavy atom. The van der Waals surface area contributed by atoms with E-state index in [2.05, 4.69) is 0 Å². The van der Waals surface area contributed by atoms with E-state index in [1.165, 1.54) is 24.3 Å². The Morgan fingerprint density at radius 1 is 1.31 bits per heavy atom. The maximum Gasteiger partial charge on any atom is 0.191 e. The third-order valence-electron chi connectivity index (χ3n) is 1.47. The number of benzene rings is 1. The fraction of sp³-hybridized carbons (Fsp3) is 0.200. The fourth-order valence-corrected chi connectivity index (χ4v) is 1.46. The number of rotatable bonds is 2. The highest BCUT2D eigenvalue weighted by Crippen LogP contribution is 2.05. The molecule has 3 heteroatoms. The van der Waals surface area contributed by atoms with E-state index in [0.717, 1.165) is 0 Å². The zero-order valence-corrected chi connectivity index (χ0v) is 8.40. The quantitative estimate of drug-likeness (QED) is 0.526. The summed E-state index contributed by atoms with van der Waals surface area (Å²) in [5.41, 5.74) is 0.544. The second kappa shape index (κ2) is 4.33. The first kappa shape index (κ1) is 10.1. The van der Waals surface area contributed by atoms with E-state index < -0.39 is 0 Å². The highest BCUT2D eigenvalue weighted by molar-refractivity contribution is 8.14. The van der Waals surface area contributed by atoms with Crippen molar-refractivity contribution in [2.75, 3.05) is 12.5 Å². The van der Waals surface area contributed by atoms with E-state index in [1.807, 2.05) is 12.5 Å². The monoisotopic (exact) mass is 198 g/mol. The van der Waals surface area contributed by atoms with Gasteiger partial charge in [0.15, 0.2) is 5.78 Å². The molecule has 0 aliphatic carbocycles. The second-order valence-corrected chi connectivity index (χ2v) is 4.86. The zero-order chi connectivity index (χ0) is 9.84. The van der Waals surface area contributed by atoms with Crippen molar-refractivity contribution in [2.45, 2.75) is 0 Å². The van der Waals surface area contributed by atoms with Crippen LogP contribution in [0.1, 0.15) is 10.4 Å². The summed E-state index contributed by atoms with van der Waals surface area (Å²) in [6.07, 6.45) is 3.92. The summed E-state index contributed by atoms with van der Waals surface area (Å²) in [4.78, 5) is 11.4. The Labute approximate surface area is 79.5 Å². The smallest absolute Gasteiger partial charge is 0.191 e. The number of carbonyl (C=O) groups is 1. The van der Waals surface area contributed by atoms with Gasteiger partial charge in [-0.05, 0) is 36.8 Å². The lowest BCUT2D eigenvalue weighted by atomic mass is 10.1. The van der Waals surface area contributed by atoms with Crippen molar-refractivity contribution in [3.63, 3.8) is 0 Å². The van der Waals surface area contributed by atoms with Gasteiger partial charge >= 0.3 is 0 Å². The standard InChI is InChI=1S/C10H11FOS/c1-13(2)7-10(12)8-3-5-9(11)6-4-8/h3-7H,1-2H3. The van der Waals surface area contributed by atoms with Crippen molar-refractivity contribution in [3.05, 3.63) is 35.6 Å². The van der Waals surface area contributed by atoms with Gasteiger partial charge in [-0.3, -0.25) is 4.79 Å². The molecule has 0 aliphatic rings. The van der Waals surface area contributed by atoms with Gasteiger partial charge in [0.2, 0.25) is 0 Å². The molecule has 0 aliphatic heterocycles. The van der Waals surface area contributed by atoms with Crippen LogP contribution in [0, 0.1) is 5.82 Å². The maximum atomic E-state index is 12.5. The highest BCUT2D eigenvalue weighted by atomic mass is 32.2. The molecule has 1 aromatic carbocycles. The minimum Gasteiger partial charge on any atom is -0.289 e. The summed E-state index contributed by atoms with van der Waals surface area (Å²) in [5.74, 6) is -0.350. The van der Waals surface area contributed by atoms with Crippen LogP contribution in [0.2, 0.25) is 0 Å².